The third kappa shape index (κ3) is 22.8. The molecule has 0 atom stereocenters. The first-order valence-electron chi connectivity index (χ1n) is 14.4. The Kier molecular flexibility index (Phi) is 23.8. The zero-order chi connectivity index (χ0) is 26.9. The molecule has 0 aliphatic rings. The number of nitrogens with one attached hydrogen (secondary N) is 1. The first-order valence-corrected chi connectivity index (χ1v) is 14.4. The number of aliphatic hydroxyl groups is 1. The van der Waals surface area contributed by atoms with Crippen LogP contribution in [0.4, 0.5) is 0 Å². The third-order valence-electron chi connectivity index (χ3n) is 6.25. The first-order chi connectivity index (χ1) is 17.4. The van der Waals surface area contributed by atoms with Gasteiger partial charge in [-0.05, 0) is 39.9 Å². The lowest BCUT2D eigenvalue weighted by molar-refractivity contribution is -0.146. The van der Waals surface area contributed by atoms with E-state index in [2.05, 4.69) is 17.1 Å². The van der Waals surface area contributed by atoms with E-state index in [0.29, 0.717) is 13.0 Å². The first kappa shape index (κ1) is 34.3. The molecular formula is C28H55N3O5. The Morgan fingerprint density at radius 2 is 1.33 bits per heavy atom. The van der Waals surface area contributed by atoms with Crippen LogP contribution in [0.5, 0.6) is 0 Å². The van der Waals surface area contributed by atoms with E-state index in [0.717, 1.165) is 38.6 Å². The molecule has 2 amide bonds. The highest BCUT2D eigenvalue weighted by atomic mass is 16.5. The van der Waals surface area contributed by atoms with Gasteiger partial charge in [0.2, 0.25) is 11.8 Å². The van der Waals surface area contributed by atoms with E-state index in [9.17, 15) is 19.5 Å². The molecule has 0 fully saturated rings. The average molecular weight is 514 g/mol. The molecule has 0 rings (SSSR count). The van der Waals surface area contributed by atoms with Crippen LogP contribution in [-0.4, -0.2) is 86.2 Å². The van der Waals surface area contributed by atoms with Crippen molar-refractivity contribution in [3.8, 4) is 0 Å². The van der Waals surface area contributed by atoms with Crippen LogP contribution in [0.1, 0.15) is 110 Å². The van der Waals surface area contributed by atoms with Crippen molar-refractivity contribution >= 4 is 17.8 Å². The highest BCUT2D eigenvalue weighted by Gasteiger charge is 2.15. The molecule has 212 valence electrons. The topological polar surface area (TPSA) is 99.2 Å². The van der Waals surface area contributed by atoms with Gasteiger partial charge in [-0.25, -0.2) is 0 Å². The third-order valence-corrected chi connectivity index (χ3v) is 6.25. The van der Waals surface area contributed by atoms with Gasteiger partial charge in [0.05, 0.1) is 13.2 Å². The van der Waals surface area contributed by atoms with Crippen molar-refractivity contribution in [2.45, 2.75) is 110 Å². The van der Waals surface area contributed by atoms with Crippen LogP contribution in [0.3, 0.4) is 0 Å². The van der Waals surface area contributed by atoms with Crippen LogP contribution in [0.25, 0.3) is 0 Å². The maximum atomic E-state index is 12.4. The van der Waals surface area contributed by atoms with Gasteiger partial charge in [0.25, 0.3) is 0 Å². The fourth-order valence-electron chi connectivity index (χ4n) is 4.01. The molecule has 0 bridgehead atoms. The normalized spacial score (nSPS) is 11.0. The van der Waals surface area contributed by atoms with Gasteiger partial charge < -0.3 is 25.0 Å². The Bertz CT molecular complexity index is 557. The number of carbonyl (C=O) groups excluding carboxylic acids is 3. The van der Waals surface area contributed by atoms with Crippen molar-refractivity contribution in [1.29, 1.82) is 0 Å². The molecule has 0 heterocycles. The molecule has 0 saturated carbocycles. The van der Waals surface area contributed by atoms with E-state index in [1.54, 1.807) is 0 Å². The number of rotatable bonds is 25. The molecule has 0 saturated heterocycles. The summed E-state index contributed by atoms with van der Waals surface area (Å²) in [5.74, 6) is -0.597. The maximum absolute atomic E-state index is 12.4. The van der Waals surface area contributed by atoms with Gasteiger partial charge in [0.15, 0.2) is 0 Å². The fraction of sp³-hybridized carbons (Fsp3) is 0.893. The zero-order valence-electron chi connectivity index (χ0n) is 23.5. The summed E-state index contributed by atoms with van der Waals surface area (Å²) in [6.45, 7) is 4.17. The minimum atomic E-state index is -0.240. The Morgan fingerprint density at radius 3 is 1.92 bits per heavy atom. The number of nitrogens with zero attached hydrogens (tertiary/aromatic N) is 2. The summed E-state index contributed by atoms with van der Waals surface area (Å²) in [5.41, 5.74) is 0. The van der Waals surface area contributed by atoms with Gasteiger partial charge in [-0.15, -0.1) is 0 Å². The van der Waals surface area contributed by atoms with Gasteiger partial charge >= 0.3 is 5.97 Å². The largest absolute Gasteiger partial charge is 0.464 e. The zero-order valence-corrected chi connectivity index (χ0v) is 23.5. The summed E-state index contributed by atoms with van der Waals surface area (Å²) in [6, 6.07) is 0. The average Bonchev–Trinajstić information content (AvgIpc) is 2.84. The molecule has 0 aliphatic heterocycles. The van der Waals surface area contributed by atoms with Gasteiger partial charge in [-0.2, -0.15) is 0 Å². The smallest absolute Gasteiger partial charge is 0.305 e. The quantitative estimate of drug-likeness (QED) is 0.140. The number of carbonyl (C=O) groups is 3. The lowest BCUT2D eigenvalue weighted by Crippen LogP contribution is -2.37. The number of ether oxygens (including phenoxy) is 1. The molecule has 0 aliphatic carbocycles. The maximum Gasteiger partial charge on any atom is 0.305 e. The minimum Gasteiger partial charge on any atom is -0.464 e. The Morgan fingerprint density at radius 1 is 0.722 bits per heavy atom. The van der Waals surface area contributed by atoms with Crippen LogP contribution in [0, 0.1) is 0 Å². The van der Waals surface area contributed by atoms with Crippen LogP contribution < -0.4 is 5.32 Å². The van der Waals surface area contributed by atoms with E-state index in [-0.39, 0.29) is 56.9 Å². The second kappa shape index (κ2) is 25.0. The second-order valence-electron chi connectivity index (χ2n) is 9.97. The molecule has 0 radical (unpaired) electrons. The van der Waals surface area contributed by atoms with E-state index in [1.807, 2.05) is 14.1 Å². The van der Waals surface area contributed by atoms with Crippen LogP contribution in [-0.2, 0) is 19.1 Å². The van der Waals surface area contributed by atoms with Gasteiger partial charge in [-0.1, -0.05) is 71.1 Å². The minimum absolute atomic E-state index is 0.0796. The Balaban J connectivity index is 3.84. The summed E-state index contributed by atoms with van der Waals surface area (Å²) >= 11 is 0. The highest BCUT2D eigenvalue weighted by Crippen LogP contribution is 2.12. The van der Waals surface area contributed by atoms with Crippen molar-refractivity contribution in [3.63, 3.8) is 0 Å². The number of aliphatic hydroxyl groups excluding tert-OH is 1. The lowest BCUT2D eigenvalue weighted by Gasteiger charge is -2.21. The molecular weight excluding hydrogens is 458 g/mol. The Hall–Kier alpha value is -1.67. The van der Waals surface area contributed by atoms with Crippen molar-refractivity contribution in [2.24, 2.45) is 0 Å². The van der Waals surface area contributed by atoms with Crippen molar-refractivity contribution in [2.75, 3.05) is 53.5 Å². The summed E-state index contributed by atoms with van der Waals surface area (Å²) in [4.78, 5) is 39.9. The molecule has 0 aromatic heterocycles. The standard InChI is InChI=1S/C28H55N3O5/c1-4-5-6-7-8-9-10-11-12-13-14-17-28(35)36-25-23-31(22-24-32)27(34)19-18-26(33)29-20-15-16-21-30(2)3/h32H,4-25H2,1-3H3,(H,29,33). The SMILES string of the molecule is CCCCCCCCCCCCCC(=O)OCCN(CCO)C(=O)CCC(=O)NCCCCN(C)C. The molecule has 0 aromatic rings. The van der Waals surface area contributed by atoms with Crippen molar-refractivity contribution in [1.82, 2.24) is 15.1 Å². The number of hydrogen-bond acceptors (Lipinski definition) is 6. The van der Waals surface area contributed by atoms with Crippen LogP contribution in [0.2, 0.25) is 0 Å². The molecule has 8 nitrogen and oxygen atoms in total. The molecule has 0 aromatic carbocycles. The Labute approximate surface area is 220 Å². The van der Waals surface area contributed by atoms with E-state index >= 15 is 0 Å². The number of amides is 2. The summed E-state index contributed by atoms with van der Waals surface area (Å²) < 4.78 is 5.28. The van der Waals surface area contributed by atoms with Crippen LogP contribution >= 0.6 is 0 Å². The molecule has 8 heteroatoms. The van der Waals surface area contributed by atoms with Gasteiger partial charge in [-0.3, -0.25) is 14.4 Å². The second-order valence-corrected chi connectivity index (χ2v) is 9.97. The monoisotopic (exact) mass is 513 g/mol. The number of unbranched alkanes of at least 4 members (excludes halogenated alkanes) is 11. The molecule has 0 unspecified atom stereocenters. The van der Waals surface area contributed by atoms with E-state index < -0.39 is 0 Å². The van der Waals surface area contributed by atoms with E-state index in [4.69, 9.17) is 4.74 Å². The lowest BCUT2D eigenvalue weighted by atomic mass is 10.1. The predicted octanol–water partition coefficient (Wildman–Crippen LogP) is 4.29. The van der Waals surface area contributed by atoms with Gasteiger partial charge in [0, 0.05) is 32.4 Å². The summed E-state index contributed by atoms with van der Waals surface area (Å²) in [7, 11) is 4.03. The van der Waals surface area contributed by atoms with Crippen LogP contribution in [0.15, 0.2) is 0 Å². The van der Waals surface area contributed by atoms with Gasteiger partial charge in [0.1, 0.15) is 6.61 Å². The number of esters is 1. The summed E-state index contributed by atoms with van der Waals surface area (Å²) in [6.07, 6.45) is 16.1. The summed E-state index contributed by atoms with van der Waals surface area (Å²) in [5, 5.41) is 12.1. The van der Waals surface area contributed by atoms with Crippen molar-refractivity contribution in [3.05, 3.63) is 0 Å². The molecule has 0 spiro atoms. The molecule has 36 heavy (non-hydrogen) atoms. The number of hydrogen-bond donors (Lipinski definition) is 2. The van der Waals surface area contributed by atoms with E-state index in [1.165, 1.54) is 56.3 Å². The van der Waals surface area contributed by atoms with Crippen molar-refractivity contribution < 1.29 is 24.2 Å². The highest BCUT2D eigenvalue weighted by molar-refractivity contribution is 5.83. The fourth-order valence-corrected chi connectivity index (χ4v) is 4.01. The predicted molar refractivity (Wildman–Crippen MR) is 146 cm³/mol. The molecule has 2 N–H and O–H groups in total.